The number of hydrogen-bond acceptors (Lipinski definition) is 4. The highest BCUT2D eigenvalue weighted by molar-refractivity contribution is 6.34. The summed E-state index contributed by atoms with van der Waals surface area (Å²) in [4.78, 5) is 26.7. The first kappa shape index (κ1) is 15.5. The number of halogens is 1. The summed E-state index contributed by atoms with van der Waals surface area (Å²) >= 11 is 5.88. The number of aromatic nitrogens is 4. The lowest BCUT2D eigenvalue weighted by molar-refractivity contribution is 0.0714. The number of aryl methyl sites for hydroxylation is 1. The van der Waals surface area contributed by atoms with Crippen molar-refractivity contribution in [2.75, 3.05) is 18.4 Å². The van der Waals surface area contributed by atoms with E-state index >= 15 is 0 Å². The third-order valence-corrected chi connectivity index (χ3v) is 4.14. The Hall–Kier alpha value is -2.35. The van der Waals surface area contributed by atoms with Crippen LogP contribution in [0.1, 0.15) is 40.2 Å². The van der Waals surface area contributed by atoms with E-state index in [0.717, 1.165) is 32.4 Å². The van der Waals surface area contributed by atoms with Gasteiger partial charge in [-0.05, 0) is 19.3 Å². The molecule has 0 radical (unpaired) electrons. The molecule has 2 N–H and O–H groups in total. The lowest BCUT2D eigenvalue weighted by atomic mass is 10.1. The zero-order valence-electron chi connectivity index (χ0n) is 12.7. The first-order valence-electron chi connectivity index (χ1n) is 7.39. The van der Waals surface area contributed by atoms with Crippen LogP contribution in [0.25, 0.3) is 0 Å². The van der Waals surface area contributed by atoms with Gasteiger partial charge in [-0.25, -0.2) is 0 Å². The number of rotatable bonds is 3. The molecule has 3 heterocycles. The molecule has 3 rings (SSSR count). The number of anilines is 1. The summed E-state index contributed by atoms with van der Waals surface area (Å²) < 4.78 is 1.47. The monoisotopic (exact) mass is 336 g/mol. The van der Waals surface area contributed by atoms with Crippen LogP contribution in [-0.2, 0) is 7.05 Å². The van der Waals surface area contributed by atoms with E-state index in [9.17, 15) is 9.59 Å². The molecule has 0 spiro atoms. The maximum Gasteiger partial charge on any atom is 0.275 e. The first-order chi connectivity index (χ1) is 11.1. The lowest BCUT2D eigenvalue weighted by Gasteiger charge is -2.27. The molecule has 1 aliphatic heterocycles. The maximum absolute atomic E-state index is 12.7. The smallest absolute Gasteiger partial charge is 0.275 e. The highest BCUT2D eigenvalue weighted by atomic mass is 35.5. The van der Waals surface area contributed by atoms with Crippen molar-refractivity contribution in [2.45, 2.75) is 19.3 Å². The van der Waals surface area contributed by atoms with Gasteiger partial charge in [-0.15, -0.1) is 0 Å². The zero-order valence-corrected chi connectivity index (χ0v) is 13.4. The van der Waals surface area contributed by atoms with Gasteiger partial charge in [0.1, 0.15) is 11.4 Å². The van der Waals surface area contributed by atoms with Crippen LogP contribution >= 0.6 is 11.6 Å². The van der Waals surface area contributed by atoms with Gasteiger partial charge in [-0.1, -0.05) is 11.6 Å². The van der Waals surface area contributed by atoms with Gasteiger partial charge in [0, 0.05) is 20.1 Å². The highest BCUT2D eigenvalue weighted by Crippen LogP contribution is 2.21. The zero-order chi connectivity index (χ0) is 16.4. The van der Waals surface area contributed by atoms with Crippen molar-refractivity contribution >= 4 is 29.1 Å². The highest BCUT2D eigenvalue weighted by Gasteiger charge is 2.25. The van der Waals surface area contributed by atoms with Gasteiger partial charge in [0.15, 0.2) is 0 Å². The Labute approximate surface area is 137 Å². The van der Waals surface area contributed by atoms with Crippen LogP contribution in [-0.4, -0.2) is 49.8 Å². The molecule has 0 aromatic carbocycles. The molecule has 1 saturated heterocycles. The predicted molar refractivity (Wildman–Crippen MR) is 84.5 cm³/mol. The number of H-pyrrole nitrogens is 1. The number of carbonyl (C=O) groups is 2. The van der Waals surface area contributed by atoms with E-state index < -0.39 is 5.91 Å². The number of likely N-dealkylation sites (tertiary alicyclic amines) is 1. The van der Waals surface area contributed by atoms with Crippen LogP contribution in [0.3, 0.4) is 0 Å². The fraction of sp³-hybridized carbons (Fsp3) is 0.429. The first-order valence-corrected chi connectivity index (χ1v) is 7.77. The summed E-state index contributed by atoms with van der Waals surface area (Å²) in [6.07, 6.45) is 5.93. The van der Waals surface area contributed by atoms with E-state index in [2.05, 4.69) is 20.6 Å². The van der Waals surface area contributed by atoms with Crippen molar-refractivity contribution < 1.29 is 9.59 Å². The van der Waals surface area contributed by atoms with Crippen molar-refractivity contribution in [2.24, 2.45) is 7.05 Å². The largest absolute Gasteiger partial charge is 0.337 e. The summed E-state index contributed by atoms with van der Waals surface area (Å²) in [5.41, 5.74) is 0.863. The molecule has 0 bridgehead atoms. The lowest BCUT2D eigenvalue weighted by Crippen LogP contribution is -2.37. The van der Waals surface area contributed by atoms with Crippen molar-refractivity contribution in [3.05, 3.63) is 28.8 Å². The molecule has 8 nitrogen and oxygen atoms in total. The molecule has 1 fully saturated rings. The Morgan fingerprint density at radius 2 is 2.00 bits per heavy atom. The second kappa shape index (κ2) is 6.41. The third kappa shape index (κ3) is 3.07. The van der Waals surface area contributed by atoms with Crippen LogP contribution in [0.15, 0.2) is 12.4 Å². The minimum absolute atomic E-state index is 0.129. The number of nitrogens with zero attached hydrogens (tertiary/aromatic N) is 4. The molecule has 0 atom stereocenters. The van der Waals surface area contributed by atoms with Crippen LogP contribution < -0.4 is 5.32 Å². The number of piperidine rings is 1. The Kier molecular flexibility index (Phi) is 4.33. The quantitative estimate of drug-likeness (QED) is 0.891. The number of aromatic amines is 1. The van der Waals surface area contributed by atoms with Crippen LogP contribution in [0, 0.1) is 0 Å². The molecule has 122 valence electrons. The molecular formula is C14H17ClN6O2. The topological polar surface area (TPSA) is 95.9 Å². The standard InChI is InChI=1S/C14H17ClN6O2/c1-20-12(14(23)21-5-3-2-4-6-21)10(8-17-20)18-13(22)11-9(15)7-16-19-11/h7-8H,2-6H2,1H3,(H,16,19)(H,18,22). The Bertz CT molecular complexity index is 731. The average molecular weight is 337 g/mol. The molecule has 0 saturated carbocycles. The number of amides is 2. The molecule has 1 aliphatic rings. The van der Waals surface area contributed by atoms with E-state index in [4.69, 9.17) is 11.6 Å². The normalized spacial score (nSPS) is 14.8. The molecule has 2 aromatic rings. The maximum atomic E-state index is 12.7. The van der Waals surface area contributed by atoms with Gasteiger partial charge in [0.25, 0.3) is 11.8 Å². The fourth-order valence-electron chi connectivity index (χ4n) is 2.64. The minimum atomic E-state index is -0.465. The molecule has 0 aliphatic carbocycles. The summed E-state index contributed by atoms with van der Waals surface area (Å²) in [5.74, 6) is -0.594. The Morgan fingerprint density at radius 3 is 2.65 bits per heavy atom. The van der Waals surface area contributed by atoms with Crippen molar-refractivity contribution in [1.29, 1.82) is 0 Å². The van der Waals surface area contributed by atoms with Crippen molar-refractivity contribution in [3.8, 4) is 0 Å². The molecule has 2 aromatic heterocycles. The van der Waals surface area contributed by atoms with Gasteiger partial charge in [-0.2, -0.15) is 10.2 Å². The third-order valence-electron chi connectivity index (χ3n) is 3.85. The number of hydrogen-bond donors (Lipinski definition) is 2. The second-order valence-electron chi connectivity index (χ2n) is 5.43. The summed E-state index contributed by atoms with van der Waals surface area (Å²) in [6, 6.07) is 0. The van der Waals surface area contributed by atoms with Crippen LogP contribution in [0.2, 0.25) is 5.02 Å². The minimum Gasteiger partial charge on any atom is -0.337 e. The number of nitrogens with one attached hydrogen (secondary N) is 2. The Balaban J connectivity index is 1.82. The van der Waals surface area contributed by atoms with Gasteiger partial charge >= 0.3 is 0 Å². The van der Waals surface area contributed by atoms with Crippen molar-refractivity contribution in [3.63, 3.8) is 0 Å². The van der Waals surface area contributed by atoms with Crippen molar-refractivity contribution in [1.82, 2.24) is 24.9 Å². The molecule has 9 heteroatoms. The number of carbonyl (C=O) groups excluding carboxylic acids is 2. The van der Waals surface area contributed by atoms with Crippen LogP contribution in [0.5, 0.6) is 0 Å². The van der Waals surface area contributed by atoms with E-state index in [-0.39, 0.29) is 16.6 Å². The van der Waals surface area contributed by atoms with Gasteiger partial charge < -0.3 is 10.2 Å². The van der Waals surface area contributed by atoms with Gasteiger partial charge in [-0.3, -0.25) is 19.4 Å². The van der Waals surface area contributed by atoms with Crippen LogP contribution in [0.4, 0.5) is 5.69 Å². The molecule has 0 unspecified atom stereocenters. The van der Waals surface area contributed by atoms with E-state index in [1.54, 1.807) is 11.9 Å². The van der Waals surface area contributed by atoms with Gasteiger partial charge in [0.2, 0.25) is 0 Å². The fourth-order valence-corrected chi connectivity index (χ4v) is 2.82. The molecule has 23 heavy (non-hydrogen) atoms. The van der Waals surface area contributed by atoms with E-state index in [1.807, 2.05) is 0 Å². The van der Waals surface area contributed by atoms with E-state index in [1.165, 1.54) is 17.1 Å². The summed E-state index contributed by atoms with van der Waals surface area (Å²) in [7, 11) is 1.68. The Morgan fingerprint density at radius 1 is 1.26 bits per heavy atom. The summed E-state index contributed by atoms with van der Waals surface area (Å²) in [5, 5.41) is 13.2. The predicted octanol–water partition coefficient (Wildman–Crippen LogP) is 1.67. The SMILES string of the molecule is Cn1ncc(NC(=O)c2[nH]ncc2Cl)c1C(=O)N1CCCCC1. The molecule has 2 amide bonds. The van der Waals surface area contributed by atoms with Gasteiger partial charge in [0.05, 0.1) is 23.1 Å². The average Bonchev–Trinajstić information content (AvgIpc) is 3.13. The summed E-state index contributed by atoms with van der Waals surface area (Å²) in [6.45, 7) is 1.45. The molecular weight excluding hydrogens is 320 g/mol. The van der Waals surface area contributed by atoms with E-state index in [0.29, 0.717) is 11.4 Å². The second-order valence-corrected chi connectivity index (χ2v) is 5.84.